The zero-order chi connectivity index (χ0) is 20.9. The predicted molar refractivity (Wildman–Crippen MR) is 119 cm³/mol. The maximum absolute atomic E-state index is 12.3. The number of aryl methyl sites for hydroxylation is 1. The number of nitrogens with one attached hydrogen (secondary N) is 2. The Kier molecular flexibility index (Phi) is 6.13. The lowest BCUT2D eigenvalue weighted by atomic mass is 10.1. The van der Waals surface area contributed by atoms with Crippen LogP contribution in [0.5, 0.6) is 0 Å². The first-order chi connectivity index (χ1) is 14.6. The van der Waals surface area contributed by atoms with E-state index >= 15 is 0 Å². The summed E-state index contributed by atoms with van der Waals surface area (Å²) < 4.78 is 0. The maximum Gasteiger partial charge on any atom is 0.234 e. The Morgan fingerprint density at radius 1 is 1.17 bits per heavy atom. The lowest BCUT2D eigenvalue weighted by Gasteiger charge is -2.16. The van der Waals surface area contributed by atoms with E-state index in [1.165, 1.54) is 17.3 Å². The van der Waals surface area contributed by atoms with Crippen LogP contribution in [0, 0.1) is 0 Å². The van der Waals surface area contributed by atoms with Crippen molar-refractivity contribution in [2.75, 3.05) is 22.5 Å². The summed E-state index contributed by atoms with van der Waals surface area (Å²) in [7, 11) is 0. The van der Waals surface area contributed by atoms with Crippen molar-refractivity contribution in [3.63, 3.8) is 0 Å². The summed E-state index contributed by atoms with van der Waals surface area (Å²) in [5.41, 5.74) is 3.80. The Morgan fingerprint density at radius 3 is 2.60 bits per heavy atom. The molecule has 7 nitrogen and oxygen atoms in total. The molecule has 30 heavy (non-hydrogen) atoms. The van der Waals surface area contributed by atoms with Gasteiger partial charge in [-0.05, 0) is 42.7 Å². The molecule has 1 aliphatic heterocycles. The molecule has 2 N–H and O–H groups in total. The third-order valence-corrected chi connectivity index (χ3v) is 5.82. The molecule has 1 aliphatic rings. The molecule has 8 heteroatoms. The Labute approximate surface area is 179 Å². The summed E-state index contributed by atoms with van der Waals surface area (Å²) >= 11 is 1.28. The van der Waals surface area contributed by atoms with Crippen molar-refractivity contribution < 1.29 is 9.59 Å². The number of carbonyl (C=O) groups excluding carboxylic acids is 2. The standard InChI is InChI=1S/C22H23N5O2S/c1-2-15-5-7-16(8-6-15)21-24-22(26-25-21)30-14-19(28)23-17-9-11-18(12-10-17)27-13-3-4-20(27)29/h5-12H,2-4,13-14H2,1H3,(H,23,28)(H,24,25,26). The molecule has 4 rings (SSSR count). The molecule has 3 aromatic rings. The van der Waals surface area contributed by atoms with Crippen LogP contribution in [0.4, 0.5) is 11.4 Å². The van der Waals surface area contributed by atoms with E-state index in [0.717, 1.165) is 30.6 Å². The molecule has 1 aromatic heterocycles. The minimum Gasteiger partial charge on any atom is -0.325 e. The Morgan fingerprint density at radius 2 is 1.93 bits per heavy atom. The zero-order valence-corrected chi connectivity index (χ0v) is 17.5. The fraction of sp³-hybridized carbons (Fsp3) is 0.273. The van der Waals surface area contributed by atoms with Gasteiger partial charge in [0.05, 0.1) is 5.75 Å². The minimum absolute atomic E-state index is 0.136. The highest BCUT2D eigenvalue weighted by Gasteiger charge is 2.21. The van der Waals surface area contributed by atoms with Crippen molar-refractivity contribution >= 4 is 35.0 Å². The van der Waals surface area contributed by atoms with Crippen LogP contribution in [0.1, 0.15) is 25.3 Å². The second kappa shape index (κ2) is 9.13. The van der Waals surface area contributed by atoms with E-state index in [1.54, 1.807) is 4.90 Å². The fourth-order valence-corrected chi connectivity index (χ4v) is 3.91. The van der Waals surface area contributed by atoms with Gasteiger partial charge < -0.3 is 10.2 Å². The zero-order valence-electron chi connectivity index (χ0n) is 16.7. The van der Waals surface area contributed by atoms with Crippen LogP contribution < -0.4 is 10.2 Å². The summed E-state index contributed by atoms with van der Waals surface area (Å²) in [4.78, 5) is 30.3. The van der Waals surface area contributed by atoms with E-state index in [1.807, 2.05) is 36.4 Å². The van der Waals surface area contributed by atoms with E-state index in [2.05, 4.69) is 39.6 Å². The average molecular weight is 422 g/mol. The summed E-state index contributed by atoms with van der Waals surface area (Å²) in [6, 6.07) is 15.5. The highest BCUT2D eigenvalue weighted by Crippen LogP contribution is 2.24. The van der Waals surface area contributed by atoms with Gasteiger partial charge in [0.15, 0.2) is 5.82 Å². The average Bonchev–Trinajstić information content (AvgIpc) is 3.42. The molecule has 2 amide bonds. The van der Waals surface area contributed by atoms with Gasteiger partial charge in [0.1, 0.15) is 0 Å². The van der Waals surface area contributed by atoms with Gasteiger partial charge in [-0.15, -0.1) is 5.10 Å². The van der Waals surface area contributed by atoms with Crippen molar-refractivity contribution in [2.24, 2.45) is 0 Å². The molecule has 0 aliphatic carbocycles. The van der Waals surface area contributed by atoms with Gasteiger partial charge in [-0.1, -0.05) is 43.0 Å². The van der Waals surface area contributed by atoms with Crippen LogP contribution in [0.25, 0.3) is 11.4 Å². The first-order valence-corrected chi connectivity index (χ1v) is 11.0. The lowest BCUT2D eigenvalue weighted by molar-refractivity contribution is -0.117. The van der Waals surface area contributed by atoms with Crippen molar-refractivity contribution in [3.8, 4) is 11.4 Å². The lowest BCUT2D eigenvalue weighted by Crippen LogP contribution is -2.23. The number of amides is 2. The molecular weight excluding hydrogens is 398 g/mol. The molecule has 0 spiro atoms. The van der Waals surface area contributed by atoms with Crippen LogP contribution in [0.15, 0.2) is 53.7 Å². The molecule has 1 saturated heterocycles. The topological polar surface area (TPSA) is 91.0 Å². The number of aromatic nitrogens is 3. The number of rotatable bonds is 7. The Bertz CT molecular complexity index is 1030. The first kappa shape index (κ1) is 20.2. The molecule has 0 atom stereocenters. The minimum atomic E-state index is -0.136. The second-order valence-corrected chi connectivity index (χ2v) is 7.99. The van der Waals surface area contributed by atoms with Gasteiger partial charge in [-0.2, -0.15) is 0 Å². The highest BCUT2D eigenvalue weighted by atomic mass is 32.2. The molecule has 0 radical (unpaired) electrons. The van der Waals surface area contributed by atoms with E-state index in [0.29, 0.717) is 23.1 Å². The fourth-order valence-electron chi connectivity index (χ4n) is 3.31. The number of hydrogen-bond acceptors (Lipinski definition) is 5. The number of carbonyl (C=O) groups is 2. The summed E-state index contributed by atoms with van der Waals surface area (Å²) in [5, 5.41) is 10.5. The van der Waals surface area contributed by atoms with E-state index in [9.17, 15) is 9.59 Å². The van der Waals surface area contributed by atoms with Gasteiger partial charge in [-0.3, -0.25) is 14.7 Å². The molecule has 0 unspecified atom stereocenters. The summed E-state index contributed by atoms with van der Waals surface area (Å²) in [5.74, 6) is 0.907. The highest BCUT2D eigenvalue weighted by molar-refractivity contribution is 7.99. The van der Waals surface area contributed by atoms with Gasteiger partial charge in [0.25, 0.3) is 0 Å². The molecule has 1 fully saturated rings. The van der Waals surface area contributed by atoms with E-state index in [4.69, 9.17) is 0 Å². The second-order valence-electron chi connectivity index (χ2n) is 7.05. The maximum atomic E-state index is 12.3. The smallest absolute Gasteiger partial charge is 0.234 e. The van der Waals surface area contributed by atoms with E-state index < -0.39 is 0 Å². The molecule has 2 aromatic carbocycles. The monoisotopic (exact) mass is 421 g/mol. The summed E-state index contributed by atoms with van der Waals surface area (Å²) in [6.45, 7) is 2.87. The van der Waals surface area contributed by atoms with E-state index in [-0.39, 0.29) is 17.6 Å². The molecule has 0 bridgehead atoms. The number of thioether (sulfide) groups is 1. The van der Waals surface area contributed by atoms with Crippen molar-refractivity contribution in [1.82, 2.24) is 15.2 Å². The predicted octanol–water partition coefficient (Wildman–Crippen LogP) is 3.89. The van der Waals surface area contributed by atoms with Crippen molar-refractivity contribution in [2.45, 2.75) is 31.3 Å². The number of benzene rings is 2. The third kappa shape index (κ3) is 4.71. The first-order valence-electron chi connectivity index (χ1n) is 9.97. The van der Waals surface area contributed by atoms with Gasteiger partial charge in [-0.25, -0.2) is 4.98 Å². The Balaban J connectivity index is 1.29. The quantitative estimate of drug-likeness (QED) is 0.565. The Hall–Kier alpha value is -3.13. The normalized spacial score (nSPS) is 13.6. The number of aromatic amines is 1. The van der Waals surface area contributed by atoms with Crippen molar-refractivity contribution in [1.29, 1.82) is 0 Å². The van der Waals surface area contributed by atoms with Crippen LogP contribution in [0.3, 0.4) is 0 Å². The molecular formula is C22H23N5O2S. The SMILES string of the molecule is CCc1ccc(-c2nc(SCC(=O)Nc3ccc(N4CCCC4=O)cc3)n[nH]2)cc1. The molecule has 154 valence electrons. The third-order valence-electron chi connectivity index (χ3n) is 4.97. The molecule has 0 saturated carbocycles. The molecule has 2 heterocycles. The number of anilines is 2. The largest absolute Gasteiger partial charge is 0.325 e. The van der Waals surface area contributed by atoms with Gasteiger partial charge >= 0.3 is 0 Å². The number of hydrogen-bond donors (Lipinski definition) is 2. The van der Waals surface area contributed by atoms with Crippen LogP contribution >= 0.6 is 11.8 Å². The number of nitrogens with zero attached hydrogens (tertiary/aromatic N) is 3. The van der Waals surface area contributed by atoms with Crippen LogP contribution in [-0.4, -0.2) is 39.3 Å². The van der Waals surface area contributed by atoms with Crippen LogP contribution in [-0.2, 0) is 16.0 Å². The van der Waals surface area contributed by atoms with Crippen molar-refractivity contribution in [3.05, 3.63) is 54.1 Å². The van der Waals surface area contributed by atoms with Gasteiger partial charge in [0.2, 0.25) is 17.0 Å². The summed E-state index contributed by atoms with van der Waals surface area (Å²) in [6.07, 6.45) is 2.48. The van der Waals surface area contributed by atoms with Crippen LogP contribution in [0.2, 0.25) is 0 Å². The van der Waals surface area contributed by atoms with Gasteiger partial charge in [0, 0.05) is 29.9 Å². The number of H-pyrrole nitrogens is 1.